The number of halogens is 1. The molecular formula is C19H22ClN3O3. The van der Waals surface area contributed by atoms with Crippen LogP contribution in [0.2, 0.25) is 5.02 Å². The molecule has 0 N–H and O–H groups in total. The molecule has 0 spiro atoms. The third-order valence-electron chi connectivity index (χ3n) is 4.05. The molecule has 0 saturated heterocycles. The summed E-state index contributed by atoms with van der Waals surface area (Å²) < 4.78 is 6.77. The summed E-state index contributed by atoms with van der Waals surface area (Å²) in [6.07, 6.45) is 2.96. The number of rotatable bonds is 6. The standard InChI is InChI=1S/C19H22ClN3O3/c1-13-17(14(2)23(4)21-13)9-10-19(25)26-12-18(24)22(3)11-15-5-7-16(20)8-6-15/h5-10H,11-12H2,1-4H3/b10-9+. The van der Waals surface area contributed by atoms with Gasteiger partial charge in [0.1, 0.15) is 0 Å². The van der Waals surface area contributed by atoms with Crippen LogP contribution in [0, 0.1) is 13.8 Å². The van der Waals surface area contributed by atoms with Gasteiger partial charge < -0.3 is 9.64 Å². The van der Waals surface area contributed by atoms with Crippen molar-refractivity contribution in [2.24, 2.45) is 7.05 Å². The highest BCUT2D eigenvalue weighted by Gasteiger charge is 2.12. The number of nitrogens with zero attached hydrogens (tertiary/aromatic N) is 3. The average molecular weight is 376 g/mol. The highest BCUT2D eigenvalue weighted by molar-refractivity contribution is 6.30. The van der Waals surface area contributed by atoms with Crippen LogP contribution in [0.5, 0.6) is 0 Å². The number of carbonyl (C=O) groups is 2. The first kappa shape index (κ1) is 19.7. The van der Waals surface area contributed by atoms with Gasteiger partial charge in [0.2, 0.25) is 0 Å². The normalized spacial score (nSPS) is 11.0. The van der Waals surface area contributed by atoms with Gasteiger partial charge in [0.25, 0.3) is 5.91 Å². The van der Waals surface area contributed by atoms with Crippen molar-refractivity contribution in [1.29, 1.82) is 0 Å². The Bertz CT molecular complexity index is 825. The van der Waals surface area contributed by atoms with E-state index in [1.165, 1.54) is 11.0 Å². The Morgan fingerprint density at radius 2 is 1.92 bits per heavy atom. The maximum Gasteiger partial charge on any atom is 0.331 e. The highest BCUT2D eigenvalue weighted by atomic mass is 35.5. The molecule has 0 unspecified atom stereocenters. The largest absolute Gasteiger partial charge is 0.452 e. The van der Waals surface area contributed by atoms with Gasteiger partial charge in [0.15, 0.2) is 6.61 Å². The van der Waals surface area contributed by atoms with Crippen LogP contribution in [0.1, 0.15) is 22.5 Å². The number of likely N-dealkylation sites (N-methyl/N-ethyl adjacent to an activating group) is 1. The lowest BCUT2D eigenvalue weighted by Gasteiger charge is -2.17. The fourth-order valence-electron chi connectivity index (χ4n) is 2.43. The van der Waals surface area contributed by atoms with Gasteiger partial charge in [0, 0.05) is 43.0 Å². The second-order valence-electron chi connectivity index (χ2n) is 6.03. The van der Waals surface area contributed by atoms with Gasteiger partial charge in [-0.3, -0.25) is 9.48 Å². The van der Waals surface area contributed by atoms with Crippen molar-refractivity contribution in [1.82, 2.24) is 14.7 Å². The molecule has 1 heterocycles. The lowest BCUT2D eigenvalue weighted by molar-refractivity contribution is -0.147. The maximum absolute atomic E-state index is 12.1. The molecule has 0 saturated carbocycles. The number of aromatic nitrogens is 2. The Kier molecular flexibility index (Phi) is 6.58. The Balaban J connectivity index is 1.85. The zero-order valence-corrected chi connectivity index (χ0v) is 16.1. The molecule has 1 aromatic heterocycles. The Labute approximate surface area is 158 Å². The number of esters is 1. The molecule has 6 nitrogen and oxygen atoms in total. The molecular weight excluding hydrogens is 354 g/mol. The molecule has 0 atom stereocenters. The van der Waals surface area contributed by atoms with Crippen molar-refractivity contribution < 1.29 is 14.3 Å². The van der Waals surface area contributed by atoms with E-state index >= 15 is 0 Å². The summed E-state index contributed by atoms with van der Waals surface area (Å²) >= 11 is 5.84. The number of amides is 1. The first-order valence-electron chi connectivity index (χ1n) is 8.11. The second-order valence-corrected chi connectivity index (χ2v) is 6.46. The zero-order chi connectivity index (χ0) is 19.3. The monoisotopic (exact) mass is 375 g/mol. The third kappa shape index (κ3) is 5.20. The third-order valence-corrected chi connectivity index (χ3v) is 4.30. The average Bonchev–Trinajstić information content (AvgIpc) is 2.85. The summed E-state index contributed by atoms with van der Waals surface area (Å²) in [5.74, 6) is -0.851. The minimum atomic E-state index is -0.569. The molecule has 0 radical (unpaired) electrons. The van der Waals surface area contributed by atoms with Crippen LogP contribution in [0.15, 0.2) is 30.3 Å². The topological polar surface area (TPSA) is 64.4 Å². The Morgan fingerprint density at radius 3 is 2.50 bits per heavy atom. The molecule has 1 aromatic carbocycles. The van der Waals surface area contributed by atoms with Gasteiger partial charge in [-0.2, -0.15) is 5.10 Å². The number of benzene rings is 1. The van der Waals surface area contributed by atoms with Crippen molar-refractivity contribution in [2.45, 2.75) is 20.4 Å². The minimum absolute atomic E-state index is 0.282. The number of carbonyl (C=O) groups excluding carboxylic acids is 2. The quantitative estimate of drug-likeness (QED) is 0.575. The molecule has 0 bridgehead atoms. The van der Waals surface area contributed by atoms with Crippen molar-refractivity contribution in [3.05, 3.63) is 57.9 Å². The van der Waals surface area contributed by atoms with E-state index < -0.39 is 5.97 Å². The summed E-state index contributed by atoms with van der Waals surface area (Å²) in [7, 11) is 3.50. The van der Waals surface area contributed by atoms with Crippen LogP contribution in [-0.2, 0) is 27.9 Å². The Hall–Kier alpha value is -2.60. The van der Waals surface area contributed by atoms with E-state index in [1.54, 1.807) is 29.9 Å². The van der Waals surface area contributed by atoms with Gasteiger partial charge in [-0.25, -0.2) is 4.79 Å². The molecule has 26 heavy (non-hydrogen) atoms. The Morgan fingerprint density at radius 1 is 1.27 bits per heavy atom. The number of aryl methyl sites for hydroxylation is 2. The van der Waals surface area contributed by atoms with Gasteiger partial charge in [-0.15, -0.1) is 0 Å². The van der Waals surface area contributed by atoms with Crippen molar-refractivity contribution in [2.75, 3.05) is 13.7 Å². The maximum atomic E-state index is 12.1. The van der Waals surface area contributed by atoms with E-state index in [2.05, 4.69) is 5.10 Å². The molecule has 7 heteroatoms. The molecule has 1 amide bonds. The molecule has 0 aliphatic heterocycles. The van der Waals surface area contributed by atoms with E-state index in [4.69, 9.17) is 16.3 Å². The predicted octanol–water partition coefficient (Wildman–Crippen LogP) is 2.91. The summed E-state index contributed by atoms with van der Waals surface area (Å²) in [5.41, 5.74) is 3.59. The molecule has 2 aromatic rings. The van der Waals surface area contributed by atoms with Crippen molar-refractivity contribution in [3.8, 4) is 0 Å². The first-order valence-corrected chi connectivity index (χ1v) is 8.49. The van der Waals surface area contributed by atoms with Crippen LogP contribution in [0.4, 0.5) is 0 Å². The van der Waals surface area contributed by atoms with Crippen molar-refractivity contribution >= 4 is 29.6 Å². The lowest BCUT2D eigenvalue weighted by Crippen LogP contribution is -2.30. The fourth-order valence-corrected chi connectivity index (χ4v) is 2.55. The van der Waals surface area contributed by atoms with Crippen molar-refractivity contribution in [3.63, 3.8) is 0 Å². The van der Waals surface area contributed by atoms with Crippen LogP contribution in [0.3, 0.4) is 0 Å². The smallest absolute Gasteiger partial charge is 0.331 e. The number of ether oxygens (including phenoxy) is 1. The van der Waals surface area contributed by atoms with E-state index in [-0.39, 0.29) is 12.5 Å². The molecule has 0 aliphatic carbocycles. The number of hydrogen-bond acceptors (Lipinski definition) is 4. The highest BCUT2D eigenvalue weighted by Crippen LogP contribution is 2.14. The summed E-state index contributed by atoms with van der Waals surface area (Å²) in [4.78, 5) is 25.4. The minimum Gasteiger partial charge on any atom is -0.452 e. The first-order chi connectivity index (χ1) is 12.3. The molecule has 2 rings (SSSR count). The van der Waals surface area contributed by atoms with E-state index in [9.17, 15) is 9.59 Å². The molecule has 0 aliphatic rings. The van der Waals surface area contributed by atoms with Gasteiger partial charge in [-0.05, 0) is 37.6 Å². The summed E-state index contributed by atoms with van der Waals surface area (Å²) in [6.45, 7) is 3.89. The van der Waals surface area contributed by atoms with E-state index in [0.29, 0.717) is 11.6 Å². The lowest BCUT2D eigenvalue weighted by atomic mass is 10.2. The SMILES string of the molecule is Cc1nn(C)c(C)c1/C=C/C(=O)OCC(=O)N(C)Cc1ccc(Cl)cc1. The van der Waals surface area contributed by atoms with Gasteiger partial charge in [0.05, 0.1) is 5.69 Å². The summed E-state index contributed by atoms with van der Waals surface area (Å²) in [5, 5.41) is 4.92. The van der Waals surface area contributed by atoms with E-state index in [0.717, 1.165) is 22.5 Å². The van der Waals surface area contributed by atoms with Crippen LogP contribution in [0.25, 0.3) is 6.08 Å². The summed E-state index contributed by atoms with van der Waals surface area (Å²) in [6, 6.07) is 7.23. The predicted molar refractivity (Wildman–Crippen MR) is 101 cm³/mol. The van der Waals surface area contributed by atoms with Gasteiger partial charge >= 0.3 is 5.97 Å². The second kappa shape index (κ2) is 8.67. The number of hydrogen-bond donors (Lipinski definition) is 0. The van der Waals surface area contributed by atoms with Crippen LogP contribution >= 0.6 is 11.6 Å². The van der Waals surface area contributed by atoms with E-state index in [1.807, 2.05) is 33.0 Å². The van der Waals surface area contributed by atoms with Gasteiger partial charge in [-0.1, -0.05) is 23.7 Å². The van der Waals surface area contributed by atoms with Crippen LogP contribution < -0.4 is 0 Å². The molecule has 0 fully saturated rings. The molecule has 138 valence electrons. The fraction of sp³-hybridized carbons (Fsp3) is 0.316. The van der Waals surface area contributed by atoms with Crippen LogP contribution in [-0.4, -0.2) is 40.2 Å². The zero-order valence-electron chi connectivity index (χ0n) is 15.3.